The lowest BCUT2D eigenvalue weighted by Crippen LogP contribution is -2.33. The Morgan fingerprint density at radius 3 is 2.53 bits per heavy atom. The van der Waals surface area contributed by atoms with E-state index >= 15 is 0 Å². The molecule has 0 bridgehead atoms. The van der Waals surface area contributed by atoms with Gasteiger partial charge in [0.2, 0.25) is 0 Å². The van der Waals surface area contributed by atoms with Crippen molar-refractivity contribution in [1.82, 2.24) is 5.32 Å². The van der Waals surface area contributed by atoms with E-state index in [0.29, 0.717) is 12.6 Å². The Bertz CT molecular complexity index is 266. The number of hydrogen-bond donors (Lipinski definition) is 2. The number of benzene rings is 1. The van der Waals surface area contributed by atoms with Gasteiger partial charge < -0.3 is 11.1 Å². The molecule has 3 N–H and O–H groups in total. The summed E-state index contributed by atoms with van der Waals surface area (Å²) in [5.41, 5.74) is 8.27. The molecule has 1 atom stereocenters. The predicted molar refractivity (Wildman–Crippen MR) is 66.0 cm³/mol. The van der Waals surface area contributed by atoms with E-state index in [0.717, 1.165) is 13.0 Å². The van der Waals surface area contributed by atoms with Crippen molar-refractivity contribution in [2.45, 2.75) is 32.7 Å². The highest BCUT2D eigenvalue weighted by Gasteiger charge is 1.97. The maximum absolute atomic E-state index is 5.52. The average Bonchev–Trinajstić information content (AvgIpc) is 2.26. The van der Waals surface area contributed by atoms with Crippen molar-refractivity contribution in [1.29, 1.82) is 0 Å². The number of nitrogens with one attached hydrogen (secondary N) is 1. The molecule has 2 nitrogen and oxygen atoms in total. The van der Waals surface area contributed by atoms with Gasteiger partial charge in [-0.1, -0.05) is 29.8 Å². The molecule has 15 heavy (non-hydrogen) atoms. The van der Waals surface area contributed by atoms with Crippen molar-refractivity contribution in [3.8, 4) is 0 Å². The van der Waals surface area contributed by atoms with Crippen LogP contribution in [0.25, 0.3) is 0 Å². The predicted octanol–water partition coefficient (Wildman–Crippen LogP) is 1.86. The number of rotatable bonds is 6. The molecule has 1 rings (SSSR count). The van der Waals surface area contributed by atoms with E-state index in [9.17, 15) is 0 Å². The molecule has 0 amide bonds. The first kappa shape index (κ1) is 12.2. The van der Waals surface area contributed by atoms with E-state index in [-0.39, 0.29) is 0 Å². The van der Waals surface area contributed by atoms with E-state index in [1.54, 1.807) is 0 Å². The van der Waals surface area contributed by atoms with Gasteiger partial charge in [0.15, 0.2) is 0 Å². The Balaban J connectivity index is 2.17. The van der Waals surface area contributed by atoms with Crippen LogP contribution in [0.5, 0.6) is 0 Å². The molecule has 84 valence electrons. The average molecular weight is 206 g/mol. The van der Waals surface area contributed by atoms with Gasteiger partial charge in [-0.25, -0.2) is 0 Å². The van der Waals surface area contributed by atoms with E-state index in [2.05, 4.69) is 43.4 Å². The summed E-state index contributed by atoms with van der Waals surface area (Å²) in [6, 6.07) is 9.20. The van der Waals surface area contributed by atoms with E-state index in [4.69, 9.17) is 5.73 Å². The minimum atomic E-state index is 0.433. The van der Waals surface area contributed by atoms with Crippen LogP contribution in [0.15, 0.2) is 24.3 Å². The molecule has 0 fully saturated rings. The standard InChI is InChI=1S/C13H22N2/c1-11-5-7-13(8-6-11)4-3-9-15-12(2)10-14/h5-8,12,15H,3-4,9-10,14H2,1-2H3. The molecule has 0 aliphatic rings. The molecule has 2 heteroatoms. The minimum Gasteiger partial charge on any atom is -0.329 e. The molecular formula is C13H22N2. The minimum absolute atomic E-state index is 0.433. The zero-order valence-electron chi connectivity index (χ0n) is 9.79. The maximum Gasteiger partial charge on any atom is 0.0161 e. The van der Waals surface area contributed by atoms with Gasteiger partial charge in [0.05, 0.1) is 0 Å². The smallest absolute Gasteiger partial charge is 0.0161 e. The molecule has 0 saturated heterocycles. The third kappa shape index (κ3) is 4.96. The van der Waals surface area contributed by atoms with Crippen LogP contribution in [0.4, 0.5) is 0 Å². The van der Waals surface area contributed by atoms with Crippen LogP contribution in [0.1, 0.15) is 24.5 Å². The summed E-state index contributed by atoms with van der Waals surface area (Å²) in [4.78, 5) is 0. The van der Waals surface area contributed by atoms with Crippen molar-refractivity contribution in [2.75, 3.05) is 13.1 Å². The van der Waals surface area contributed by atoms with E-state index < -0.39 is 0 Å². The van der Waals surface area contributed by atoms with Gasteiger partial charge in [-0.2, -0.15) is 0 Å². The van der Waals surface area contributed by atoms with Crippen LogP contribution in [-0.2, 0) is 6.42 Å². The van der Waals surface area contributed by atoms with Crippen molar-refractivity contribution in [3.05, 3.63) is 35.4 Å². The van der Waals surface area contributed by atoms with Gasteiger partial charge in [-0.15, -0.1) is 0 Å². The van der Waals surface area contributed by atoms with Crippen LogP contribution in [0, 0.1) is 6.92 Å². The van der Waals surface area contributed by atoms with Gasteiger partial charge in [0, 0.05) is 12.6 Å². The molecule has 1 unspecified atom stereocenters. The second kappa shape index (κ2) is 6.59. The third-order valence-electron chi connectivity index (χ3n) is 2.61. The van der Waals surface area contributed by atoms with Gasteiger partial charge in [-0.05, 0) is 38.8 Å². The fraction of sp³-hybridized carbons (Fsp3) is 0.538. The topological polar surface area (TPSA) is 38.0 Å². The SMILES string of the molecule is Cc1ccc(CCCNC(C)CN)cc1. The maximum atomic E-state index is 5.52. The Morgan fingerprint density at radius 2 is 1.93 bits per heavy atom. The Labute approximate surface area is 92.9 Å². The van der Waals surface area contributed by atoms with Crippen molar-refractivity contribution in [2.24, 2.45) is 5.73 Å². The van der Waals surface area contributed by atoms with E-state index in [1.807, 2.05) is 0 Å². The van der Waals surface area contributed by atoms with Crippen LogP contribution < -0.4 is 11.1 Å². The molecule has 0 radical (unpaired) electrons. The summed E-state index contributed by atoms with van der Waals surface area (Å²) >= 11 is 0. The Morgan fingerprint density at radius 1 is 1.27 bits per heavy atom. The highest BCUT2D eigenvalue weighted by molar-refractivity contribution is 5.21. The highest BCUT2D eigenvalue weighted by atomic mass is 14.9. The van der Waals surface area contributed by atoms with Crippen LogP contribution in [-0.4, -0.2) is 19.1 Å². The first-order chi connectivity index (χ1) is 7.22. The van der Waals surface area contributed by atoms with Gasteiger partial charge >= 0.3 is 0 Å². The Hall–Kier alpha value is -0.860. The first-order valence-electron chi connectivity index (χ1n) is 5.71. The zero-order valence-corrected chi connectivity index (χ0v) is 9.79. The fourth-order valence-electron chi connectivity index (χ4n) is 1.48. The van der Waals surface area contributed by atoms with Gasteiger partial charge in [0.1, 0.15) is 0 Å². The summed E-state index contributed by atoms with van der Waals surface area (Å²) < 4.78 is 0. The summed E-state index contributed by atoms with van der Waals surface area (Å²) in [7, 11) is 0. The lowest BCUT2D eigenvalue weighted by Gasteiger charge is -2.10. The molecule has 0 heterocycles. The second-order valence-electron chi connectivity index (χ2n) is 4.18. The monoisotopic (exact) mass is 206 g/mol. The van der Waals surface area contributed by atoms with E-state index in [1.165, 1.54) is 17.5 Å². The molecule has 0 aliphatic heterocycles. The molecular weight excluding hydrogens is 184 g/mol. The second-order valence-corrected chi connectivity index (χ2v) is 4.18. The van der Waals surface area contributed by atoms with Gasteiger partial charge in [-0.3, -0.25) is 0 Å². The molecule has 0 aliphatic carbocycles. The quantitative estimate of drug-likeness (QED) is 0.697. The first-order valence-corrected chi connectivity index (χ1v) is 5.71. The van der Waals surface area contributed by atoms with Crippen molar-refractivity contribution in [3.63, 3.8) is 0 Å². The normalized spacial score (nSPS) is 12.7. The van der Waals surface area contributed by atoms with Crippen LogP contribution in [0.3, 0.4) is 0 Å². The lowest BCUT2D eigenvalue weighted by molar-refractivity contribution is 0.543. The molecule has 0 aromatic heterocycles. The fourth-order valence-corrected chi connectivity index (χ4v) is 1.48. The lowest BCUT2D eigenvalue weighted by atomic mass is 10.1. The summed E-state index contributed by atoms with van der Waals surface area (Å²) in [6.07, 6.45) is 2.32. The summed E-state index contributed by atoms with van der Waals surface area (Å²) in [5, 5.41) is 3.39. The summed E-state index contributed by atoms with van der Waals surface area (Å²) in [5.74, 6) is 0. The Kier molecular flexibility index (Phi) is 5.37. The number of aryl methyl sites for hydroxylation is 2. The van der Waals surface area contributed by atoms with Crippen LogP contribution >= 0.6 is 0 Å². The number of hydrogen-bond acceptors (Lipinski definition) is 2. The van der Waals surface area contributed by atoms with Crippen molar-refractivity contribution >= 4 is 0 Å². The molecule has 1 aromatic rings. The number of nitrogens with two attached hydrogens (primary N) is 1. The molecule has 1 aromatic carbocycles. The summed E-state index contributed by atoms with van der Waals surface area (Å²) in [6.45, 7) is 6.00. The van der Waals surface area contributed by atoms with Gasteiger partial charge in [0.25, 0.3) is 0 Å². The highest BCUT2D eigenvalue weighted by Crippen LogP contribution is 2.05. The van der Waals surface area contributed by atoms with Crippen LogP contribution in [0.2, 0.25) is 0 Å². The largest absolute Gasteiger partial charge is 0.329 e. The molecule has 0 spiro atoms. The zero-order chi connectivity index (χ0) is 11.1. The third-order valence-corrected chi connectivity index (χ3v) is 2.61. The van der Waals surface area contributed by atoms with Crippen molar-refractivity contribution < 1.29 is 0 Å². The molecule has 0 saturated carbocycles.